The second kappa shape index (κ2) is 9.96. The molecular formula is C19H35O5P. The zero-order valence-corrected chi connectivity index (χ0v) is 17.4. The highest BCUT2D eigenvalue weighted by Gasteiger charge is 2.29. The molecule has 0 aliphatic carbocycles. The summed E-state index contributed by atoms with van der Waals surface area (Å²) in [5, 5.41) is 19.8. The Labute approximate surface area is 153 Å². The molecule has 0 saturated carbocycles. The molecule has 0 spiro atoms. The fraction of sp³-hybridized carbons (Fsp3) is 0.684. The second-order valence-corrected chi connectivity index (χ2v) is 8.96. The summed E-state index contributed by atoms with van der Waals surface area (Å²) in [4.78, 5) is 21.7. The van der Waals surface area contributed by atoms with Gasteiger partial charge in [-0.1, -0.05) is 59.2 Å². The van der Waals surface area contributed by atoms with Gasteiger partial charge in [0.2, 0.25) is 0 Å². The Kier molecular flexibility index (Phi) is 9.74. The van der Waals surface area contributed by atoms with Crippen LogP contribution in [0.2, 0.25) is 0 Å². The number of aliphatic hydroxyl groups is 2. The van der Waals surface area contributed by atoms with E-state index >= 15 is 0 Å². The van der Waals surface area contributed by atoms with E-state index in [-0.39, 0.29) is 17.4 Å². The number of benzene rings is 1. The molecule has 5 N–H and O–H groups in total. The van der Waals surface area contributed by atoms with Crippen molar-refractivity contribution in [2.75, 3.05) is 6.61 Å². The SMILES string of the molecule is Cc1cc(C(C)(C)C)c(C(O)CCCO)c(C(C)(C)C)c1.OP(O)O. The van der Waals surface area contributed by atoms with E-state index in [0.29, 0.717) is 12.8 Å². The van der Waals surface area contributed by atoms with Crippen LogP contribution in [0.1, 0.15) is 82.7 Å². The molecule has 1 unspecified atom stereocenters. The highest BCUT2D eigenvalue weighted by atomic mass is 31.2. The van der Waals surface area contributed by atoms with E-state index < -0.39 is 14.7 Å². The topological polar surface area (TPSA) is 101 Å². The lowest BCUT2D eigenvalue weighted by Crippen LogP contribution is -2.23. The molecule has 25 heavy (non-hydrogen) atoms. The quantitative estimate of drug-likeness (QED) is 0.519. The molecule has 1 rings (SSSR count). The third-order valence-electron chi connectivity index (χ3n) is 3.91. The van der Waals surface area contributed by atoms with Gasteiger partial charge in [-0.2, -0.15) is 0 Å². The summed E-state index contributed by atoms with van der Waals surface area (Å²) in [5.74, 6) is 0. The largest absolute Gasteiger partial charge is 0.396 e. The predicted molar refractivity (Wildman–Crippen MR) is 103 cm³/mol. The van der Waals surface area contributed by atoms with Crippen LogP contribution >= 0.6 is 8.60 Å². The van der Waals surface area contributed by atoms with E-state index in [9.17, 15) is 5.11 Å². The molecule has 0 heterocycles. The second-order valence-electron chi connectivity index (χ2n) is 8.42. The fourth-order valence-corrected chi connectivity index (χ4v) is 2.83. The van der Waals surface area contributed by atoms with E-state index in [1.165, 1.54) is 16.7 Å². The van der Waals surface area contributed by atoms with Crippen molar-refractivity contribution in [2.24, 2.45) is 0 Å². The number of aliphatic hydroxyl groups excluding tert-OH is 2. The fourth-order valence-electron chi connectivity index (χ4n) is 2.83. The van der Waals surface area contributed by atoms with Crippen LogP contribution in [0.5, 0.6) is 0 Å². The molecule has 0 fully saturated rings. The average molecular weight is 374 g/mol. The highest BCUT2D eigenvalue weighted by Crippen LogP contribution is 2.39. The van der Waals surface area contributed by atoms with Crippen molar-refractivity contribution in [1.82, 2.24) is 0 Å². The molecule has 0 aliphatic rings. The Morgan fingerprint density at radius 3 is 1.56 bits per heavy atom. The maximum atomic E-state index is 10.7. The molecule has 0 aliphatic heterocycles. The van der Waals surface area contributed by atoms with Crippen molar-refractivity contribution in [1.29, 1.82) is 0 Å². The van der Waals surface area contributed by atoms with Gasteiger partial charge in [0.15, 0.2) is 0 Å². The van der Waals surface area contributed by atoms with E-state index in [0.717, 1.165) is 5.56 Å². The van der Waals surface area contributed by atoms with Crippen LogP contribution in [-0.2, 0) is 10.8 Å². The molecule has 0 bridgehead atoms. The lowest BCUT2D eigenvalue weighted by Gasteiger charge is -2.33. The van der Waals surface area contributed by atoms with Crippen molar-refractivity contribution in [3.8, 4) is 0 Å². The molecule has 0 amide bonds. The molecule has 146 valence electrons. The first-order valence-corrected chi connectivity index (χ1v) is 9.73. The first kappa shape index (κ1) is 24.5. The predicted octanol–water partition coefficient (Wildman–Crippen LogP) is 3.59. The monoisotopic (exact) mass is 374 g/mol. The standard InChI is InChI=1S/C19H32O2.H3O3P/c1-13-11-14(18(2,3)4)17(16(21)9-8-10-20)15(12-13)19(5,6)7;1-4(2)3/h11-12,16,20-21H,8-10H2,1-7H3;1-3H. The molecule has 5 nitrogen and oxygen atoms in total. The van der Waals surface area contributed by atoms with Crippen LogP contribution in [0.4, 0.5) is 0 Å². The zero-order chi connectivity index (χ0) is 20.0. The molecule has 1 aromatic rings. The van der Waals surface area contributed by atoms with Gasteiger partial charge in [-0.15, -0.1) is 0 Å². The number of hydrogen-bond acceptors (Lipinski definition) is 5. The Bertz CT molecular complexity index is 492. The van der Waals surface area contributed by atoms with Crippen LogP contribution in [0.15, 0.2) is 12.1 Å². The Morgan fingerprint density at radius 2 is 1.28 bits per heavy atom. The molecule has 0 aromatic heterocycles. The Balaban J connectivity index is 0.00000129. The van der Waals surface area contributed by atoms with Crippen molar-refractivity contribution in [2.45, 2.75) is 78.2 Å². The van der Waals surface area contributed by atoms with Gasteiger partial charge in [0, 0.05) is 6.61 Å². The highest BCUT2D eigenvalue weighted by molar-refractivity contribution is 7.38. The maximum Gasteiger partial charge on any atom is 0.324 e. The summed E-state index contributed by atoms with van der Waals surface area (Å²) < 4.78 is 0. The molecule has 6 heteroatoms. The summed E-state index contributed by atoms with van der Waals surface area (Å²) >= 11 is 0. The van der Waals surface area contributed by atoms with Gasteiger partial charge in [0.05, 0.1) is 6.10 Å². The molecular weight excluding hydrogens is 339 g/mol. The van der Waals surface area contributed by atoms with E-state index in [4.69, 9.17) is 19.8 Å². The van der Waals surface area contributed by atoms with E-state index in [1.807, 2.05) is 0 Å². The van der Waals surface area contributed by atoms with Crippen LogP contribution in [0, 0.1) is 6.92 Å². The lowest BCUT2D eigenvalue weighted by atomic mass is 9.73. The first-order valence-electron chi connectivity index (χ1n) is 8.53. The normalized spacial score (nSPS) is 13.5. The van der Waals surface area contributed by atoms with Gasteiger partial charge in [0.1, 0.15) is 0 Å². The van der Waals surface area contributed by atoms with Crippen molar-refractivity contribution >= 4 is 8.60 Å². The number of rotatable bonds is 4. The van der Waals surface area contributed by atoms with Gasteiger partial charge in [-0.05, 0) is 47.3 Å². The van der Waals surface area contributed by atoms with Crippen LogP contribution < -0.4 is 0 Å². The summed E-state index contributed by atoms with van der Waals surface area (Å²) in [6.07, 6.45) is 0.717. The maximum absolute atomic E-state index is 10.7. The number of hydrogen-bond donors (Lipinski definition) is 5. The third-order valence-corrected chi connectivity index (χ3v) is 3.91. The van der Waals surface area contributed by atoms with Crippen molar-refractivity contribution in [3.05, 3.63) is 34.4 Å². The van der Waals surface area contributed by atoms with Crippen molar-refractivity contribution < 1.29 is 24.9 Å². The Hall–Kier alpha value is -0.550. The lowest BCUT2D eigenvalue weighted by molar-refractivity contribution is 0.147. The first-order chi connectivity index (χ1) is 11.2. The van der Waals surface area contributed by atoms with Gasteiger partial charge in [-0.3, -0.25) is 0 Å². The van der Waals surface area contributed by atoms with Gasteiger partial charge >= 0.3 is 8.60 Å². The van der Waals surface area contributed by atoms with Crippen molar-refractivity contribution in [3.63, 3.8) is 0 Å². The van der Waals surface area contributed by atoms with Gasteiger partial charge < -0.3 is 24.9 Å². The summed E-state index contributed by atoms with van der Waals surface area (Å²) in [5.41, 5.74) is 4.72. The minimum atomic E-state index is -2.62. The minimum absolute atomic E-state index is 0.0124. The summed E-state index contributed by atoms with van der Waals surface area (Å²) in [6, 6.07) is 4.40. The zero-order valence-electron chi connectivity index (χ0n) is 16.5. The van der Waals surface area contributed by atoms with Crippen LogP contribution in [0.25, 0.3) is 0 Å². The molecule has 0 radical (unpaired) electrons. The molecule has 0 saturated heterocycles. The van der Waals surface area contributed by atoms with E-state index in [1.54, 1.807) is 0 Å². The number of aryl methyl sites for hydroxylation is 1. The molecule has 1 atom stereocenters. The third kappa shape index (κ3) is 8.59. The minimum Gasteiger partial charge on any atom is -0.396 e. The van der Waals surface area contributed by atoms with Gasteiger partial charge in [-0.25, -0.2) is 0 Å². The average Bonchev–Trinajstić information content (AvgIpc) is 2.41. The smallest absolute Gasteiger partial charge is 0.324 e. The molecule has 1 aromatic carbocycles. The van der Waals surface area contributed by atoms with E-state index in [2.05, 4.69) is 60.6 Å². The summed E-state index contributed by atoms with van der Waals surface area (Å²) in [7, 11) is -2.62. The summed E-state index contributed by atoms with van der Waals surface area (Å²) in [6.45, 7) is 15.4. The van der Waals surface area contributed by atoms with Crippen LogP contribution in [0.3, 0.4) is 0 Å². The Morgan fingerprint density at radius 1 is 0.920 bits per heavy atom. The van der Waals surface area contributed by atoms with Gasteiger partial charge in [0.25, 0.3) is 0 Å². The van der Waals surface area contributed by atoms with Crippen LogP contribution in [-0.4, -0.2) is 31.5 Å².